The van der Waals surface area contributed by atoms with Crippen LogP contribution in [0.25, 0.3) is 0 Å². The number of benzene rings is 1. The summed E-state index contributed by atoms with van der Waals surface area (Å²) in [6.07, 6.45) is 0.797. The van der Waals surface area contributed by atoms with E-state index in [0.717, 1.165) is 5.56 Å². The monoisotopic (exact) mass is 227 g/mol. The number of alkyl halides is 2. The molecule has 1 saturated heterocycles. The molecule has 1 aromatic rings. The third kappa shape index (κ3) is 2.50. The summed E-state index contributed by atoms with van der Waals surface area (Å²) in [7, 11) is 0. The summed E-state index contributed by atoms with van der Waals surface area (Å²) < 4.78 is 27.1. The van der Waals surface area contributed by atoms with Gasteiger partial charge in [-0.1, -0.05) is 12.1 Å². The van der Waals surface area contributed by atoms with Gasteiger partial charge in [0.15, 0.2) is 0 Å². The fraction of sp³-hybridized carbons (Fsp3) is 0.500. The first-order valence-corrected chi connectivity index (χ1v) is 5.44. The molecule has 0 radical (unpaired) electrons. The Morgan fingerprint density at radius 2 is 2.25 bits per heavy atom. The minimum atomic E-state index is -2.65. The van der Waals surface area contributed by atoms with Crippen molar-refractivity contribution in [3.8, 4) is 5.75 Å². The maximum absolute atomic E-state index is 13.5. The van der Waals surface area contributed by atoms with Gasteiger partial charge in [-0.3, -0.25) is 0 Å². The summed E-state index contributed by atoms with van der Waals surface area (Å²) in [6.45, 7) is 0.398. The predicted octanol–water partition coefficient (Wildman–Crippen LogP) is 2.18. The van der Waals surface area contributed by atoms with Crippen molar-refractivity contribution >= 4 is 0 Å². The molecule has 1 fully saturated rings. The molecule has 1 unspecified atom stereocenters. The van der Waals surface area contributed by atoms with Crippen LogP contribution < -0.4 is 5.32 Å². The molecule has 0 aliphatic carbocycles. The Hall–Kier alpha value is -1.16. The van der Waals surface area contributed by atoms with Gasteiger partial charge in [0.05, 0.1) is 6.54 Å². The molecule has 16 heavy (non-hydrogen) atoms. The van der Waals surface area contributed by atoms with Crippen molar-refractivity contribution in [2.24, 2.45) is 5.92 Å². The summed E-state index contributed by atoms with van der Waals surface area (Å²) in [5, 5.41) is 12.0. The normalized spacial score (nSPS) is 24.2. The lowest BCUT2D eigenvalue weighted by Gasteiger charge is -2.31. The number of phenolic OH excluding ortho intramolecular Hbond substituents is 1. The molecule has 0 amide bonds. The van der Waals surface area contributed by atoms with Crippen LogP contribution >= 0.6 is 0 Å². The molecule has 2 nitrogen and oxygen atoms in total. The Kier molecular flexibility index (Phi) is 3.10. The van der Waals surface area contributed by atoms with Crippen LogP contribution in [0.1, 0.15) is 12.0 Å². The Balaban J connectivity index is 2.08. The maximum atomic E-state index is 13.5. The van der Waals surface area contributed by atoms with Crippen molar-refractivity contribution < 1.29 is 13.9 Å². The smallest absolute Gasteiger partial charge is 0.263 e. The van der Waals surface area contributed by atoms with Gasteiger partial charge in [0.25, 0.3) is 5.92 Å². The molecule has 0 bridgehead atoms. The Labute approximate surface area is 93.3 Å². The molecule has 1 aliphatic heterocycles. The van der Waals surface area contributed by atoms with E-state index in [-0.39, 0.29) is 12.3 Å². The standard InChI is InChI=1S/C12H15F2NO/c13-12(14)8-15-5-4-10(12)6-9-2-1-3-11(16)7-9/h1-3,7,10,15-16H,4-6,8H2. The lowest BCUT2D eigenvalue weighted by molar-refractivity contribution is -0.0727. The van der Waals surface area contributed by atoms with Crippen LogP contribution in [0.15, 0.2) is 24.3 Å². The van der Waals surface area contributed by atoms with Gasteiger partial charge in [0.1, 0.15) is 5.75 Å². The van der Waals surface area contributed by atoms with E-state index in [1.54, 1.807) is 24.3 Å². The molecule has 2 rings (SSSR count). The van der Waals surface area contributed by atoms with Crippen LogP contribution in [0.4, 0.5) is 8.78 Å². The molecule has 1 atom stereocenters. The topological polar surface area (TPSA) is 32.3 Å². The maximum Gasteiger partial charge on any atom is 0.263 e. The van der Waals surface area contributed by atoms with Gasteiger partial charge >= 0.3 is 0 Å². The van der Waals surface area contributed by atoms with Crippen LogP contribution in [-0.2, 0) is 6.42 Å². The van der Waals surface area contributed by atoms with E-state index in [2.05, 4.69) is 5.32 Å². The van der Waals surface area contributed by atoms with E-state index in [4.69, 9.17) is 0 Å². The number of hydrogen-bond acceptors (Lipinski definition) is 2. The SMILES string of the molecule is Oc1cccc(CC2CCNCC2(F)F)c1. The summed E-state index contributed by atoms with van der Waals surface area (Å²) in [4.78, 5) is 0. The van der Waals surface area contributed by atoms with Crippen molar-refractivity contribution in [1.82, 2.24) is 5.32 Å². The van der Waals surface area contributed by atoms with Crippen LogP contribution in [0.5, 0.6) is 5.75 Å². The van der Waals surface area contributed by atoms with E-state index in [9.17, 15) is 13.9 Å². The quantitative estimate of drug-likeness (QED) is 0.811. The highest BCUT2D eigenvalue weighted by Crippen LogP contribution is 2.32. The second-order valence-electron chi connectivity index (χ2n) is 4.30. The second-order valence-corrected chi connectivity index (χ2v) is 4.30. The highest BCUT2D eigenvalue weighted by molar-refractivity contribution is 5.27. The van der Waals surface area contributed by atoms with Crippen molar-refractivity contribution in [3.05, 3.63) is 29.8 Å². The number of hydrogen-bond donors (Lipinski definition) is 2. The summed E-state index contributed by atoms with van der Waals surface area (Å²) in [5.41, 5.74) is 0.770. The average Bonchev–Trinajstić information content (AvgIpc) is 2.21. The Morgan fingerprint density at radius 3 is 2.94 bits per heavy atom. The number of aromatic hydroxyl groups is 1. The average molecular weight is 227 g/mol. The lowest BCUT2D eigenvalue weighted by atomic mass is 9.88. The molecule has 0 spiro atoms. The van der Waals surface area contributed by atoms with Gasteiger partial charge in [0, 0.05) is 5.92 Å². The minimum absolute atomic E-state index is 0.134. The van der Waals surface area contributed by atoms with E-state index in [1.165, 1.54) is 0 Å². The fourth-order valence-electron chi connectivity index (χ4n) is 2.11. The number of halogens is 2. The van der Waals surface area contributed by atoms with Crippen LogP contribution in [0.3, 0.4) is 0 Å². The zero-order valence-electron chi connectivity index (χ0n) is 8.92. The summed E-state index contributed by atoms with van der Waals surface area (Å²) in [6, 6.07) is 6.56. The molecule has 1 heterocycles. The Morgan fingerprint density at radius 1 is 1.44 bits per heavy atom. The minimum Gasteiger partial charge on any atom is -0.508 e. The number of phenols is 1. The summed E-state index contributed by atoms with van der Waals surface area (Å²) >= 11 is 0. The highest BCUT2D eigenvalue weighted by Gasteiger charge is 2.41. The molecule has 2 N–H and O–H groups in total. The van der Waals surface area contributed by atoms with Gasteiger partial charge in [-0.2, -0.15) is 0 Å². The first-order valence-electron chi connectivity index (χ1n) is 5.44. The molecule has 1 aromatic carbocycles. The molecule has 0 saturated carbocycles. The molecule has 1 aliphatic rings. The number of piperidine rings is 1. The van der Waals surface area contributed by atoms with Gasteiger partial charge < -0.3 is 10.4 Å². The van der Waals surface area contributed by atoms with Crippen molar-refractivity contribution in [3.63, 3.8) is 0 Å². The van der Waals surface area contributed by atoms with E-state index in [0.29, 0.717) is 19.4 Å². The summed E-state index contributed by atoms with van der Waals surface area (Å²) in [5.74, 6) is -3.14. The lowest BCUT2D eigenvalue weighted by Crippen LogP contribution is -2.46. The molecule has 4 heteroatoms. The van der Waals surface area contributed by atoms with Crippen LogP contribution in [0, 0.1) is 5.92 Å². The van der Waals surface area contributed by atoms with Crippen molar-refractivity contribution in [1.29, 1.82) is 0 Å². The van der Waals surface area contributed by atoms with Crippen LogP contribution in [0.2, 0.25) is 0 Å². The largest absolute Gasteiger partial charge is 0.508 e. The first kappa shape index (κ1) is 11.3. The molecule has 88 valence electrons. The molecular formula is C12H15F2NO. The zero-order chi connectivity index (χ0) is 11.6. The zero-order valence-corrected chi connectivity index (χ0v) is 8.92. The third-order valence-electron chi connectivity index (χ3n) is 3.02. The third-order valence-corrected chi connectivity index (χ3v) is 3.02. The molecular weight excluding hydrogens is 212 g/mol. The van der Waals surface area contributed by atoms with Crippen LogP contribution in [-0.4, -0.2) is 24.1 Å². The van der Waals surface area contributed by atoms with E-state index >= 15 is 0 Å². The van der Waals surface area contributed by atoms with Gasteiger partial charge in [-0.05, 0) is 37.1 Å². The second kappa shape index (κ2) is 4.37. The van der Waals surface area contributed by atoms with Gasteiger partial charge in [0.2, 0.25) is 0 Å². The number of nitrogens with one attached hydrogen (secondary N) is 1. The molecule has 0 aromatic heterocycles. The first-order chi connectivity index (χ1) is 7.58. The van der Waals surface area contributed by atoms with E-state index in [1.807, 2.05) is 0 Å². The Bertz CT molecular complexity index is 368. The van der Waals surface area contributed by atoms with Crippen molar-refractivity contribution in [2.45, 2.75) is 18.8 Å². The predicted molar refractivity (Wildman–Crippen MR) is 57.7 cm³/mol. The van der Waals surface area contributed by atoms with Gasteiger partial charge in [-0.25, -0.2) is 8.78 Å². The van der Waals surface area contributed by atoms with E-state index < -0.39 is 11.8 Å². The highest BCUT2D eigenvalue weighted by atomic mass is 19.3. The number of rotatable bonds is 2. The fourth-order valence-corrected chi connectivity index (χ4v) is 2.11. The van der Waals surface area contributed by atoms with Crippen molar-refractivity contribution in [2.75, 3.05) is 13.1 Å². The van der Waals surface area contributed by atoms with Gasteiger partial charge in [-0.15, -0.1) is 0 Å².